The molecular weight excluding hydrogens is 174 g/mol. The van der Waals surface area contributed by atoms with E-state index in [-0.39, 0.29) is 0 Å². The van der Waals surface area contributed by atoms with Crippen molar-refractivity contribution in [1.82, 2.24) is 4.98 Å². The van der Waals surface area contributed by atoms with Crippen LogP contribution in [0.2, 0.25) is 5.15 Å². The Morgan fingerprint density at radius 1 is 1.50 bits per heavy atom. The van der Waals surface area contributed by atoms with E-state index in [1.54, 1.807) is 12.1 Å². The second kappa shape index (κ2) is 2.87. The van der Waals surface area contributed by atoms with Gasteiger partial charge in [-0.2, -0.15) is 0 Å². The number of carbonyl (C=O) groups is 1. The van der Waals surface area contributed by atoms with Crippen LogP contribution in [0.25, 0.3) is 0 Å². The first kappa shape index (κ1) is 7.74. The minimum absolute atomic E-state index is 0.475. The molecule has 1 fully saturated rings. The van der Waals surface area contributed by atoms with E-state index in [0.717, 1.165) is 24.8 Å². The van der Waals surface area contributed by atoms with Gasteiger partial charge in [-0.1, -0.05) is 11.6 Å². The van der Waals surface area contributed by atoms with Gasteiger partial charge in [0.2, 0.25) is 0 Å². The molecule has 0 bridgehead atoms. The summed E-state index contributed by atoms with van der Waals surface area (Å²) in [6.07, 6.45) is 3.11. The Bertz CT molecular complexity index is 320. The van der Waals surface area contributed by atoms with Crippen LogP contribution in [0.3, 0.4) is 0 Å². The van der Waals surface area contributed by atoms with E-state index in [4.69, 9.17) is 11.6 Å². The second-order valence-corrected chi connectivity index (χ2v) is 3.39. The molecule has 0 spiro atoms. The number of rotatable bonds is 2. The quantitative estimate of drug-likeness (QED) is 0.518. The molecule has 3 heteroatoms. The van der Waals surface area contributed by atoms with Gasteiger partial charge in [0.25, 0.3) is 0 Å². The summed E-state index contributed by atoms with van der Waals surface area (Å²) in [6.45, 7) is 0. The van der Waals surface area contributed by atoms with E-state index < -0.39 is 0 Å². The topological polar surface area (TPSA) is 30.0 Å². The fourth-order valence-electron chi connectivity index (χ4n) is 1.24. The highest BCUT2D eigenvalue weighted by molar-refractivity contribution is 6.29. The van der Waals surface area contributed by atoms with Crippen molar-refractivity contribution in [3.63, 3.8) is 0 Å². The summed E-state index contributed by atoms with van der Waals surface area (Å²) in [4.78, 5) is 14.7. The highest BCUT2D eigenvalue weighted by atomic mass is 35.5. The Hall–Kier alpha value is -0.890. The SMILES string of the molecule is O=Cc1ccc(Cl)nc1C1CC1. The van der Waals surface area contributed by atoms with Gasteiger partial charge in [-0.15, -0.1) is 0 Å². The van der Waals surface area contributed by atoms with Gasteiger partial charge in [0, 0.05) is 11.5 Å². The van der Waals surface area contributed by atoms with Crippen LogP contribution in [-0.4, -0.2) is 11.3 Å². The number of aromatic nitrogens is 1. The summed E-state index contributed by atoms with van der Waals surface area (Å²) in [5.74, 6) is 0.476. The molecule has 1 aliphatic carbocycles. The molecule has 0 aliphatic heterocycles. The average molecular weight is 182 g/mol. The summed E-state index contributed by atoms with van der Waals surface area (Å²) < 4.78 is 0. The molecule has 0 radical (unpaired) electrons. The van der Waals surface area contributed by atoms with Crippen LogP contribution in [0.4, 0.5) is 0 Å². The molecule has 0 amide bonds. The Morgan fingerprint density at radius 3 is 2.83 bits per heavy atom. The van der Waals surface area contributed by atoms with Gasteiger partial charge in [0.15, 0.2) is 6.29 Å². The molecule has 2 rings (SSSR count). The lowest BCUT2D eigenvalue weighted by Gasteiger charge is -2.00. The Balaban J connectivity index is 2.46. The molecular formula is C9H8ClNO. The summed E-state index contributed by atoms with van der Waals surface area (Å²) in [5, 5.41) is 0.475. The van der Waals surface area contributed by atoms with Gasteiger partial charge in [0.1, 0.15) is 5.15 Å². The fraction of sp³-hybridized carbons (Fsp3) is 0.333. The van der Waals surface area contributed by atoms with Crippen LogP contribution in [0.15, 0.2) is 12.1 Å². The molecule has 1 heterocycles. The summed E-state index contributed by atoms with van der Waals surface area (Å²) >= 11 is 5.72. The third-order valence-corrected chi connectivity index (χ3v) is 2.22. The van der Waals surface area contributed by atoms with Gasteiger partial charge in [-0.05, 0) is 25.0 Å². The van der Waals surface area contributed by atoms with Crippen molar-refractivity contribution in [1.29, 1.82) is 0 Å². The first-order valence-electron chi connectivity index (χ1n) is 3.93. The molecule has 1 aromatic rings. The van der Waals surface area contributed by atoms with E-state index in [1.807, 2.05) is 0 Å². The lowest BCUT2D eigenvalue weighted by Crippen LogP contribution is -1.94. The smallest absolute Gasteiger partial charge is 0.151 e. The normalized spacial score (nSPS) is 16.1. The zero-order chi connectivity index (χ0) is 8.55. The summed E-state index contributed by atoms with van der Waals surface area (Å²) in [5.41, 5.74) is 1.56. The molecule has 0 N–H and O–H groups in total. The van der Waals surface area contributed by atoms with Gasteiger partial charge in [-0.25, -0.2) is 4.98 Å². The van der Waals surface area contributed by atoms with Crippen LogP contribution in [0.1, 0.15) is 34.8 Å². The molecule has 1 aromatic heterocycles. The van der Waals surface area contributed by atoms with E-state index >= 15 is 0 Å². The van der Waals surface area contributed by atoms with Crippen molar-refractivity contribution in [2.75, 3.05) is 0 Å². The highest BCUT2D eigenvalue weighted by Gasteiger charge is 2.27. The van der Waals surface area contributed by atoms with Crippen LogP contribution in [0.5, 0.6) is 0 Å². The molecule has 1 saturated carbocycles. The average Bonchev–Trinajstić information content (AvgIpc) is 2.87. The zero-order valence-corrected chi connectivity index (χ0v) is 7.21. The maximum absolute atomic E-state index is 10.6. The highest BCUT2D eigenvalue weighted by Crippen LogP contribution is 2.40. The number of pyridine rings is 1. The van der Waals surface area contributed by atoms with E-state index in [2.05, 4.69) is 4.98 Å². The maximum Gasteiger partial charge on any atom is 0.151 e. The molecule has 0 unspecified atom stereocenters. The fourth-order valence-corrected chi connectivity index (χ4v) is 1.40. The number of hydrogen-bond donors (Lipinski definition) is 0. The van der Waals surface area contributed by atoms with Crippen LogP contribution >= 0.6 is 11.6 Å². The van der Waals surface area contributed by atoms with E-state index in [0.29, 0.717) is 16.6 Å². The Kier molecular flexibility index (Phi) is 1.85. The number of aldehydes is 1. The minimum atomic E-state index is 0.475. The molecule has 62 valence electrons. The summed E-state index contributed by atoms with van der Waals surface area (Å²) in [6, 6.07) is 3.38. The van der Waals surface area contributed by atoms with Crippen molar-refractivity contribution in [3.05, 3.63) is 28.5 Å². The predicted octanol–water partition coefficient (Wildman–Crippen LogP) is 2.42. The number of hydrogen-bond acceptors (Lipinski definition) is 2. The number of nitrogens with zero attached hydrogens (tertiary/aromatic N) is 1. The molecule has 1 aliphatic rings. The lowest BCUT2D eigenvalue weighted by atomic mass is 10.1. The van der Waals surface area contributed by atoms with Gasteiger partial charge in [-0.3, -0.25) is 4.79 Å². The summed E-state index contributed by atoms with van der Waals surface area (Å²) in [7, 11) is 0. The van der Waals surface area contributed by atoms with Crippen molar-refractivity contribution < 1.29 is 4.79 Å². The van der Waals surface area contributed by atoms with Crippen molar-refractivity contribution in [3.8, 4) is 0 Å². The largest absolute Gasteiger partial charge is 0.298 e. The molecule has 2 nitrogen and oxygen atoms in total. The number of carbonyl (C=O) groups excluding carboxylic acids is 1. The molecule has 0 saturated heterocycles. The van der Waals surface area contributed by atoms with Crippen LogP contribution in [0, 0.1) is 0 Å². The predicted molar refractivity (Wildman–Crippen MR) is 46.6 cm³/mol. The number of halogens is 1. The molecule has 12 heavy (non-hydrogen) atoms. The third kappa shape index (κ3) is 1.34. The van der Waals surface area contributed by atoms with Crippen molar-refractivity contribution >= 4 is 17.9 Å². The van der Waals surface area contributed by atoms with Gasteiger partial charge >= 0.3 is 0 Å². The van der Waals surface area contributed by atoms with Crippen LogP contribution < -0.4 is 0 Å². The Morgan fingerprint density at radius 2 is 2.25 bits per heavy atom. The second-order valence-electron chi connectivity index (χ2n) is 3.00. The van der Waals surface area contributed by atoms with Crippen LogP contribution in [-0.2, 0) is 0 Å². The van der Waals surface area contributed by atoms with E-state index in [1.165, 1.54) is 0 Å². The lowest BCUT2D eigenvalue weighted by molar-refractivity contribution is 0.112. The van der Waals surface area contributed by atoms with E-state index in [9.17, 15) is 4.79 Å². The van der Waals surface area contributed by atoms with Crippen molar-refractivity contribution in [2.45, 2.75) is 18.8 Å². The first-order valence-corrected chi connectivity index (χ1v) is 4.30. The van der Waals surface area contributed by atoms with Crippen molar-refractivity contribution in [2.24, 2.45) is 0 Å². The third-order valence-electron chi connectivity index (χ3n) is 2.01. The Labute approximate surface area is 75.6 Å². The zero-order valence-electron chi connectivity index (χ0n) is 6.46. The molecule has 0 aromatic carbocycles. The van der Waals surface area contributed by atoms with Gasteiger partial charge < -0.3 is 0 Å². The molecule has 0 atom stereocenters. The monoisotopic (exact) mass is 181 g/mol. The van der Waals surface area contributed by atoms with Gasteiger partial charge in [0.05, 0.1) is 5.69 Å². The maximum atomic E-state index is 10.6. The minimum Gasteiger partial charge on any atom is -0.298 e. The standard InChI is InChI=1S/C9H8ClNO/c10-8-4-3-7(5-12)9(11-8)6-1-2-6/h3-6H,1-2H2. The first-order chi connectivity index (χ1) is 5.81.